The van der Waals surface area contributed by atoms with Crippen molar-refractivity contribution in [2.45, 2.75) is 50.4 Å². The van der Waals surface area contributed by atoms with Crippen molar-refractivity contribution in [3.8, 4) is 0 Å². The number of nitrogens with zero attached hydrogens (tertiary/aromatic N) is 1. The molecule has 2 amide bonds. The standard InChI is InChI=1S/C12H20N2O2S/c1-3-4-7-13-11(16)9-8-17-12(2)6-5-10(15)14(9)12/h9H,3-8H2,1-2H3,(H,13,16)/t9-,12-/m1/s1. The van der Waals surface area contributed by atoms with Crippen LogP contribution in [0.1, 0.15) is 39.5 Å². The predicted octanol–water partition coefficient (Wildman–Crippen LogP) is 1.36. The van der Waals surface area contributed by atoms with Gasteiger partial charge in [-0.05, 0) is 19.8 Å². The normalized spacial score (nSPS) is 31.8. The minimum atomic E-state index is -0.253. The molecular weight excluding hydrogens is 236 g/mol. The van der Waals surface area contributed by atoms with Crippen LogP contribution < -0.4 is 5.32 Å². The highest BCUT2D eigenvalue weighted by molar-refractivity contribution is 8.01. The van der Waals surface area contributed by atoms with Crippen molar-refractivity contribution >= 4 is 23.6 Å². The Morgan fingerprint density at radius 3 is 3.12 bits per heavy atom. The van der Waals surface area contributed by atoms with E-state index in [1.807, 2.05) is 0 Å². The maximum atomic E-state index is 12.0. The zero-order chi connectivity index (χ0) is 12.5. The number of nitrogens with one attached hydrogen (secondary N) is 1. The van der Waals surface area contributed by atoms with Gasteiger partial charge in [-0.1, -0.05) is 13.3 Å². The molecule has 0 aromatic heterocycles. The molecule has 0 aliphatic carbocycles. The lowest BCUT2D eigenvalue weighted by molar-refractivity contribution is -0.137. The van der Waals surface area contributed by atoms with Gasteiger partial charge in [0.2, 0.25) is 11.8 Å². The van der Waals surface area contributed by atoms with Gasteiger partial charge in [0.15, 0.2) is 0 Å². The maximum absolute atomic E-state index is 12.0. The Hall–Kier alpha value is -0.710. The third-order valence-corrected chi connectivity index (χ3v) is 5.08. The van der Waals surface area contributed by atoms with Crippen LogP contribution in [0.5, 0.6) is 0 Å². The molecule has 0 spiro atoms. The molecule has 4 nitrogen and oxygen atoms in total. The number of amides is 2. The lowest BCUT2D eigenvalue weighted by Gasteiger charge is -2.29. The number of rotatable bonds is 4. The van der Waals surface area contributed by atoms with Crippen molar-refractivity contribution in [1.82, 2.24) is 10.2 Å². The number of hydrogen-bond donors (Lipinski definition) is 1. The summed E-state index contributed by atoms with van der Waals surface area (Å²) in [6.45, 7) is 4.88. The predicted molar refractivity (Wildman–Crippen MR) is 68.6 cm³/mol. The van der Waals surface area contributed by atoms with E-state index in [1.54, 1.807) is 16.7 Å². The monoisotopic (exact) mass is 256 g/mol. The Morgan fingerprint density at radius 2 is 2.41 bits per heavy atom. The van der Waals surface area contributed by atoms with Crippen LogP contribution in [0.4, 0.5) is 0 Å². The van der Waals surface area contributed by atoms with Crippen LogP contribution in [0, 0.1) is 0 Å². The number of carbonyl (C=O) groups excluding carboxylic acids is 2. The van der Waals surface area contributed by atoms with Gasteiger partial charge < -0.3 is 10.2 Å². The van der Waals surface area contributed by atoms with E-state index in [0.29, 0.717) is 6.42 Å². The third kappa shape index (κ3) is 2.30. The molecule has 17 heavy (non-hydrogen) atoms. The maximum Gasteiger partial charge on any atom is 0.243 e. The zero-order valence-corrected chi connectivity index (χ0v) is 11.3. The van der Waals surface area contributed by atoms with Crippen LogP contribution in [0.15, 0.2) is 0 Å². The summed E-state index contributed by atoms with van der Waals surface area (Å²) in [5, 5.41) is 2.93. The molecule has 96 valence electrons. The van der Waals surface area contributed by atoms with E-state index in [4.69, 9.17) is 0 Å². The Bertz CT molecular complexity index is 334. The quantitative estimate of drug-likeness (QED) is 0.773. The first-order valence-corrected chi connectivity index (χ1v) is 7.31. The van der Waals surface area contributed by atoms with E-state index in [1.165, 1.54) is 0 Å². The molecule has 2 aliphatic rings. The summed E-state index contributed by atoms with van der Waals surface area (Å²) in [5.41, 5.74) is 0. The zero-order valence-electron chi connectivity index (χ0n) is 10.5. The number of hydrogen-bond acceptors (Lipinski definition) is 3. The second-order valence-corrected chi connectivity index (χ2v) is 6.41. The van der Waals surface area contributed by atoms with Gasteiger partial charge in [-0.25, -0.2) is 0 Å². The molecule has 0 aromatic rings. The molecule has 2 atom stereocenters. The van der Waals surface area contributed by atoms with Gasteiger partial charge in [-0.15, -0.1) is 11.8 Å². The molecule has 0 bridgehead atoms. The van der Waals surface area contributed by atoms with Gasteiger partial charge in [0.1, 0.15) is 6.04 Å². The molecule has 2 aliphatic heterocycles. The van der Waals surface area contributed by atoms with Crippen molar-refractivity contribution in [3.05, 3.63) is 0 Å². The fourth-order valence-electron chi connectivity index (χ4n) is 2.52. The van der Waals surface area contributed by atoms with E-state index >= 15 is 0 Å². The first-order valence-electron chi connectivity index (χ1n) is 6.32. The molecule has 2 saturated heterocycles. The number of fused-ring (bicyclic) bond motifs is 1. The van der Waals surface area contributed by atoms with Crippen molar-refractivity contribution < 1.29 is 9.59 Å². The summed E-state index contributed by atoms with van der Waals surface area (Å²) >= 11 is 1.74. The Labute approximate surface area is 106 Å². The lowest BCUT2D eigenvalue weighted by Crippen LogP contribution is -2.50. The van der Waals surface area contributed by atoms with Gasteiger partial charge in [0, 0.05) is 18.7 Å². The number of carbonyl (C=O) groups is 2. The van der Waals surface area contributed by atoms with E-state index < -0.39 is 0 Å². The Balaban J connectivity index is 1.98. The van der Waals surface area contributed by atoms with Crippen LogP contribution in [0.2, 0.25) is 0 Å². The summed E-state index contributed by atoms with van der Waals surface area (Å²) in [7, 11) is 0. The molecule has 2 heterocycles. The fraction of sp³-hybridized carbons (Fsp3) is 0.833. The summed E-state index contributed by atoms with van der Waals surface area (Å²) in [6.07, 6.45) is 3.52. The smallest absolute Gasteiger partial charge is 0.243 e. The van der Waals surface area contributed by atoms with Gasteiger partial charge in [-0.2, -0.15) is 0 Å². The number of unbranched alkanes of at least 4 members (excludes halogenated alkanes) is 1. The summed E-state index contributed by atoms with van der Waals surface area (Å²) in [6, 6.07) is -0.253. The van der Waals surface area contributed by atoms with Crippen LogP contribution in [-0.2, 0) is 9.59 Å². The molecule has 2 rings (SSSR count). The number of thioether (sulfide) groups is 1. The third-order valence-electron chi connectivity index (χ3n) is 3.58. The van der Waals surface area contributed by atoms with Crippen LogP contribution in [0.25, 0.3) is 0 Å². The Kier molecular flexibility index (Phi) is 3.66. The second-order valence-electron chi connectivity index (χ2n) is 4.91. The average molecular weight is 256 g/mol. The van der Waals surface area contributed by atoms with Crippen LogP contribution >= 0.6 is 11.8 Å². The van der Waals surface area contributed by atoms with Gasteiger partial charge in [0.05, 0.1) is 4.87 Å². The molecule has 0 aromatic carbocycles. The van der Waals surface area contributed by atoms with E-state index in [0.717, 1.165) is 31.6 Å². The molecule has 1 N–H and O–H groups in total. The Morgan fingerprint density at radius 1 is 1.65 bits per heavy atom. The van der Waals surface area contributed by atoms with Gasteiger partial charge in [-0.3, -0.25) is 9.59 Å². The summed E-state index contributed by atoms with van der Waals surface area (Å²) in [4.78, 5) is 25.5. The van der Waals surface area contributed by atoms with Crippen molar-refractivity contribution in [3.63, 3.8) is 0 Å². The molecule has 0 saturated carbocycles. The fourth-order valence-corrected chi connectivity index (χ4v) is 3.95. The van der Waals surface area contributed by atoms with Crippen molar-refractivity contribution in [2.24, 2.45) is 0 Å². The van der Waals surface area contributed by atoms with Crippen molar-refractivity contribution in [1.29, 1.82) is 0 Å². The van der Waals surface area contributed by atoms with Gasteiger partial charge in [0.25, 0.3) is 0 Å². The largest absolute Gasteiger partial charge is 0.354 e. The molecular formula is C12H20N2O2S. The second kappa shape index (κ2) is 4.88. The highest BCUT2D eigenvalue weighted by Gasteiger charge is 2.52. The molecule has 0 unspecified atom stereocenters. The van der Waals surface area contributed by atoms with E-state index in [-0.39, 0.29) is 22.7 Å². The molecule has 2 fully saturated rings. The topological polar surface area (TPSA) is 49.4 Å². The highest BCUT2D eigenvalue weighted by Crippen LogP contribution is 2.47. The van der Waals surface area contributed by atoms with Crippen LogP contribution in [0.3, 0.4) is 0 Å². The minimum Gasteiger partial charge on any atom is -0.354 e. The first-order chi connectivity index (χ1) is 8.08. The van der Waals surface area contributed by atoms with Crippen LogP contribution in [-0.4, -0.2) is 39.9 Å². The summed E-state index contributed by atoms with van der Waals surface area (Å²) < 4.78 is 0. The van der Waals surface area contributed by atoms with Gasteiger partial charge >= 0.3 is 0 Å². The molecule has 0 radical (unpaired) electrons. The van der Waals surface area contributed by atoms with E-state index in [9.17, 15) is 9.59 Å². The highest BCUT2D eigenvalue weighted by atomic mass is 32.2. The lowest BCUT2D eigenvalue weighted by atomic mass is 10.2. The molecule has 5 heteroatoms. The minimum absolute atomic E-state index is 0.0184. The summed E-state index contributed by atoms with van der Waals surface area (Å²) in [5.74, 6) is 0.887. The average Bonchev–Trinajstić information content (AvgIpc) is 2.77. The SMILES string of the molecule is CCCCNC(=O)[C@H]1CS[C@]2(C)CCC(=O)N12. The van der Waals surface area contributed by atoms with Crippen molar-refractivity contribution in [2.75, 3.05) is 12.3 Å². The first kappa shape index (κ1) is 12.7. The van der Waals surface area contributed by atoms with E-state index in [2.05, 4.69) is 19.2 Å².